The van der Waals surface area contributed by atoms with Crippen LogP contribution in [0.4, 0.5) is 5.82 Å². The molecule has 0 saturated carbocycles. The number of anilines is 1. The van der Waals surface area contributed by atoms with Crippen LogP contribution in [0.2, 0.25) is 0 Å². The summed E-state index contributed by atoms with van der Waals surface area (Å²) in [5.41, 5.74) is 2.17. The first kappa shape index (κ1) is 12.9. The molecule has 2 atom stereocenters. The Morgan fingerprint density at radius 3 is 3.12 bits per heavy atom. The molecule has 2 N–H and O–H groups in total. The zero-order chi connectivity index (χ0) is 12.3. The van der Waals surface area contributed by atoms with Crippen molar-refractivity contribution >= 4 is 32.0 Å². The maximum atomic E-state index is 11.7. The molecule has 0 radical (unpaired) electrons. The molecule has 1 fully saturated rings. The van der Waals surface area contributed by atoms with Gasteiger partial charge in [-0.15, -0.1) is 0 Å². The Kier molecular flexibility index (Phi) is 4.48. The van der Waals surface area contributed by atoms with E-state index in [4.69, 9.17) is 12.6 Å². The van der Waals surface area contributed by atoms with Gasteiger partial charge in [0.2, 0.25) is 0 Å². The fourth-order valence-corrected chi connectivity index (χ4v) is 2.24. The Morgan fingerprint density at radius 2 is 2.53 bits per heavy atom. The topological polar surface area (TPSA) is 85.6 Å². The molecule has 1 saturated heterocycles. The van der Waals surface area contributed by atoms with Crippen molar-refractivity contribution in [2.75, 3.05) is 12.1 Å². The summed E-state index contributed by atoms with van der Waals surface area (Å²) in [4.78, 5) is 15.5. The van der Waals surface area contributed by atoms with Crippen molar-refractivity contribution in [1.29, 1.82) is 0 Å². The Bertz CT molecular complexity index is 438. The van der Waals surface area contributed by atoms with Gasteiger partial charge in [0, 0.05) is 0 Å². The summed E-state index contributed by atoms with van der Waals surface area (Å²) in [5.74, 6) is 0.394. The number of aliphatic hydroxyl groups excluding tert-OH is 1. The zero-order valence-electron chi connectivity index (χ0n) is 9.07. The van der Waals surface area contributed by atoms with Crippen molar-refractivity contribution < 1.29 is 12.6 Å². The van der Waals surface area contributed by atoms with Gasteiger partial charge >= 0.3 is 114 Å². The van der Waals surface area contributed by atoms with Crippen LogP contribution in [0.3, 0.4) is 0 Å². The average Bonchev–Trinajstić information content (AvgIpc) is 2.78. The van der Waals surface area contributed by atoms with Gasteiger partial charge in [0.05, 0.1) is 0 Å². The van der Waals surface area contributed by atoms with Crippen LogP contribution in [0, 0.1) is 0 Å². The van der Waals surface area contributed by atoms with Crippen LogP contribution < -0.4 is 11.2 Å². The van der Waals surface area contributed by atoms with Gasteiger partial charge in [0.1, 0.15) is 0 Å². The third-order valence-electron chi connectivity index (χ3n) is 2.59. The van der Waals surface area contributed by atoms with E-state index in [0.717, 1.165) is 6.42 Å². The Hall–Kier alpha value is -0.518. The number of aliphatic hydroxyl groups is 1. The van der Waals surface area contributed by atoms with Gasteiger partial charge in [0.15, 0.2) is 0 Å². The van der Waals surface area contributed by atoms with Crippen LogP contribution in [0.5, 0.6) is 0 Å². The molecule has 90 valence electrons. The average molecular weight is 431 g/mol. The first-order valence-corrected chi connectivity index (χ1v) is 7.05. The van der Waals surface area contributed by atoms with E-state index in [2.05, 4.69) is 10.5 Å². The maximum absolute atomic E-state index is 11.7. The Morgan fingerprint density at radius 1 is 1.71 bits per heavy atom. The standard InChI is InChI=1S/C9H12N3O4.Tl/c13-5-6-1-2-8(16-6)12-4-3-7(11-15)10-9(12)14;/h3-4,6,8,13H,1-2,5H2,(H-,10,11,14,15);/q-1;+1. The van der Waals surface area contributed by atoms with Gasteiger partial charge in [-0.1, -0.05) is 0 Å². The van der Waals surface area contributed by atoms with E-state index in [0.29, 0.717) is 38.5 Å². The predicted molar refractivity (Wildman–Crippen MR) is 59.2 cm³/mol. The second-order valence-corrected chi connectivity index (χ2v) is 4.61. The SMILES string of the molecule is O=c1nc(N[O][Tl])ccn1C1CCC(CO)O1. The quantitative estimate of drug-likeness (QED) is 0.487. The first-order valence-electron chi connectivity index (χ1n) is 5.22. The molecule has 0 aromatic carbocycles. The van der Waals surface area contributed by atoms with E-state index in [1.165, 1.54) is 4.57 Å². The molecule has 0 aliphatic carbocycles. The number of nitrogens with one attached hydrogen (secondary N) is 1. The minimum atomic E-state index is -0.388. The van der Waals surface area contributed by atoms with Crippen LogP contribution in [0.15, 0.2) is 17.1 Å². The molecule has 0 bridgehead atoms. The fourth-order valence-electron chi connectivity index (χ4n) is 1.77. The van der Waals surface area contributed by atoms with E-state index in [9.17, 15) is 4.79 Å². The number of nitrogens with zero attached hydrogens (tertiary/aromatic N) is 2. The normalized spacial score (nSPS) is 23.8. The molecule has 7 nitrogen and oxygen atoms in total. The molecule has 1 aromatic heterocycles. The molecular formula is C9H12N3O4Tl. The van der Waals surface area contributed by atoms with Crippen molar-refractivity contribution in [3.63, 3.8) is 0 Å². The minimum absolute atomic E-state index is 0.0203. The molecule has 17 heavy (non-hydrogen) atoms. The monoisotopic (exact) mass is 431 g/mol. The molecule has 1 aliphatic rings. The van der Waals surface area contributed by atoms with Crippen molar-refractivity contribution in [2.24, 2.45) is 0 Å². The van der Waals surface area contributed by atoms with Crippen LogP contribution in [0.1, 0.15) is 19.1 Å². The van der Waals surface area contributed by atoms with E-state index in [-0.39, 0.29) is 24.6 Å². The van der Waals surface area contributed by atoms with Crippen LogP contribution in [0.25, 0.3) is 0 Å². The van der Waals surface area contributed by atoms with Crippen LogP contribution in [-0.4, -0.2) is 53.6 Å². The second-order valence-electron chi connectivity index (χ2n) is 3.70. The summed E-state index contributed by atoms with van der Waals surface area (Å²) >= 11 is 0.327. The molecule has 1 aromatic rings. The van der Waals surface area contributed by atoms with Crippen molar-refractivity contribution in [3.05, 3.63) is 22.7 Å². The van der Waals surface area contributed by atoms with Crippen LogP contribution >= 0.6 is 0 Å². The van der Waals surface area contributed by atoms with Gasteiger partial charge in [-0.3, -0.25) is 0 Å². The molecule has 2 unspecified atom stereocenters. The molecule has 0 spiro atoms. The number of hydrogen-bond acceptors (Lipinski definition) is 6. The Balaban J connectivity index is 2.14. The predicted octanol–water partition coefficient (Wildman–Crippen LogP) is -0.660. The van der Waals surface area contributed by atoms with E-state index >= 15 is 0 Å². The van der Waals surface area contributed by atoms with E-state index in [1.807, 2.05) is 0 Å². The zero-order valence-corrected chi connectivity index (χ0v) is 13.6. The summed E-state index contributed by atoms with van der Waals surface area (Å²) in [7, 11) is 0. The molecule has 2 heterocycles. The van der Waals surface area contributed by atoms with Gasteiger partial charge in [-0.25, -0.2) is 0 Å². The third kappa shape index (κ3) is 3.03. The summed E-state index contributed by atoms with van der Waals surface area (Å²) < 4.78 is 11.8. The summed E-state index contributed by atoms with van der Waals surface area (Å²) in [6.07, 6.45) is 2.55. The van der Waals surface area contributed by atoms with Gasteiger partial charge in [0.25, 0.3) is 0 Å². The van der Waals surface area contributed by atoms with E-state index in [1.54, 1.807) is 12.3 Å². The number of rotatable bonds is 4. The molecule has 2 rings (SSSR count). The van der Waals surface area contributed by atoms with Crippen molar-refractivity contribution in [3.8, 4) is 0 Å². The van der Waals surface area contributed by atoms with Crippen LogP contribution in [-0.2, 0) is 7.52 Å². The Labute approximate surface area is 114 Å². The van der Waals surface area contributed by atoms with Gasteiger partial charge in [-0.05, 0) is 0 Å². The van der Waals surface area contributed by atoms with Gasteiger partial charge < -0.3 is 0 Å². The third-order valence-corrected chi connectivity index (χ3v) is 3.05. The number of ether oxygens (including phenoxy) is 1. The van der Waals surface area contributed by atoms with Gasteiger partial charge in [-0.2, -0.15) is 0 Å². The van der Waals surface area contributed by atoms with Crippen molar-refractivity contribution in [1.82, 2.24) is 9.55 Å². The molecular weight excluding hydrogens is 418 g/mol. The number of aromatic nitrogens is 2. The first-order chi connectivity index (χ1) is 8.24. The summed E-state index contributed by atoms with van der Waals surface area (Å²) in [6, 6.07) is 1.65. The molecule has 1 aliphatic heterocycles. The fraction of sp³-hybridized carbons (Fsp3) is 0.556. The second kappa shape index (κ2) is 5.89. The summed E-state index contributed by atoms with van der Waals surface area (Å²) in [6.45, 7) is -0.0203. The molecule has 8 heteroatoms. The summed E-state index contributed by atoms with van der Waals surface area (Å²) in [5, 5.41) is 8.96. The molecule has 0 amide bonds. The number of hydrogen-bond donors (Lipinski definition) is 2. The van der Waals surface area contributed by atoms with E-state index < -0.39 is 0 Å². The van der Waals surface area contributed by atoms with Crippen molar-refractivity contribution in [2.45, 2.75) is 25.2 Å².